The lowest BCUT2D eigenvalue weighted by atomic mass is 9.95. The molecule has 3 rings (SSSR count). The van der Waals surface area contributed by atoms with Gasteiger partial charge in [-0.05, 0) is 36.6 Å². The minimum Gasteiger partial charge on any atom is -0.395 e. The number of aliphatic hydroxyl groups excluding tert-OH is 1. The lowest BCUT2D eigenvalue weighted by Crippen LogP contribution is -2.11. The minimum absolute atomic E-state index is 0.0596. The van der Waals surface area contributed by atoms with Crippen LogP contribution in [-0.2, 0) is 5.41 Å². The maximum absolute atomic E-state index is 9.37. The number of rotatable bonds is 2. The van der Waals surface area contributed by atoms with E-state index in [1.54, 1.807) is 6.20 Å². The predicted octanol–water partition coefficient (Wildman–Crippen LogP) is 2.26. The van der Waals surface area contributed by atoms with E-state index in [0.29, 0.717) is 0 Å². The zero-order valence-corrected chi connectivity index (χ0v) is 8.48. The fourth-order valence-electron chi connectivity index (χ4n) is 2.09. The van der Waals surface area contributed by atoms with Crippen molar-refractivity contribution in [2.45, 2.75) is 18.3 Å². The Kier molecular flexibility index (Phi) is 1.80. The molecule has 1 heterocycles. The molecule has 2 aromatic rings. The molecule has 0 bridgehead atoms. The summed E-state index contributed by atoms with van der Waals surface area (Å²) >= 11 is 0. The summed E-state index contributed by atoms with van der Waals surface area (Å²) in [5.74, 6) is 0. The van der Waals surface area contributed by atoms with Gasteiger partial charge in [0.25, 0.3) is 0 Å². The van der Waals surface area contributed by atoms with E-state index in [2.05, 4.69) is 23.2 Å². The van der Waals surface area contributed by atoms with Crippen molar-refractivity contribution < 1.29 is 5.11 Å². The van der Waals surface area contributed by atoms with E-state index in [4.69, 9.17) is 0 Å². The highest BCUT2D eigenvalue weighted by Gasteiger charge is 2.43. The van der Waals surface area contributed by atoms with E-state index in [1.807, 2.05) is 12.1 Å². The molecule has 0 radical (unpaired) electrons. The Morgan fingerprint density at radius 1 is 1.27 bits per heavy atom. The van der Waals surface area contributed by atoms with E-state index in [0.717, 1.165) is 23.7 Å². The molecule has 2 nitrogen and oxygen atoms in total. The SMILES string of the molecule is OCC1(c2ccc3ncccc3c2)CC1. The Bertz CT molecular complexity index is 503. The summed E-state index contributed by atoms with van der Waals surface area (Å²) in [4.78, 5) is 4.29. The number of nitrogens with zero attached hydrogens (tertiary/aromatic N) is 1. The maximum atomic E-state index is 9.37. The lowest BCUT2D eigenvalue weighted by molar-refractivity contribution is 0.255. The van der Waals surface area contributed by atoms with Crippen molar-refractivity contribution in [3.8, 4) is 0 Å². The number of hydrogen-bond donors (Lipinski definition) is 1. The van der Waals surface area contributed by atoms with Crippen molar-refractivity contribution in [1.29, 1.82) is 0 Å². The zero-order chi connectivity index (χ0) is 10.3. The van der Waals surface area contributed by atoms with E-state index < -0.39 is 0 Å². The highest BCUT2D eigenvalue weighted by molar-refractivity contribution is 5.79. The Balaban J connectivity index is 2.14. The largest absolute Gasteiger partial charge is 0.395 e. The molecule has 0 amide bonds. The number of aliphatic hydroxyl groups is 1. The van der Waals surface area contributed by atoms with Crippen molar-refractivity contribution in [2.24, 2.45) is 0 Å². The average Bonchev–Trinajstić information content (AvgIpc) is 3.09. The van der Waals surface area contributed by atoms with Crippen LogP contribution in [0.3, 0.4) is 0 Å². The minimum atomic E-state index is 0.0596. The first-order chi connectivity index (χ1) is 7.34. The van der Waals surface area contributed by atoms with Gasteiger partial charge in [-0.1, -0.05) is 12.1 Å². The molecule has 0 spiro atoms. The van der Waals surface area contributed by atoms with Crippen LogP contribution >= 0.6 is 0 Å². The van der Waals surface area contributed by atoms with Gasteiger partial charge in [0.05, 0.1) is 12.1 Å². The molecule has 1 aromatic heterocycles. The molecule has 0 saturated heterocycles. The van der Waals surface area contributed by atoms with Crippen LogP contribution < -0.4 is 0 Å². The smallest absolute Gasteiger partial charge is 0.0702 e. The van der Waals surface area contributed by atoms with Gasteiger partial charge in [0.2, 0.25) is 0 Å². The Labute approximate surface area is 88.6 Å². The van der Waals surface area contributed by atoms with Crippen LogP contribution in [0.1, 0.15) is 18.4 Å². The molecule has 0 atom stereocenters. The Morgan fingerprint density at radius 2 is 2.13 bits per heavy atom. The van der Waals surface area contributed by atoms with E-state index in [-0.39, 0.29) is 12.0 Å². The lowest BCUT2D eigenvalue weighted by Gasteiger charge is -2.12. The fraction of sp³-hybridized carbons (Fsp3) is 0.308. The second kappa shape index (κ2) is 3.04. The predicted molar refractivity (Wildman–Crippen MR) is 59.7 cm³/mol. The van der Waals surface area contributed by atoms with Crippen LogP contribution in [0, 0.1) is 0 Å². The summed E-state index contributed by atoms with van der Waals surface area (Å²) in [6.45, 7) is 0.263. The summed E-state index contributed by atoms with van der Waals surface area (Å²) in [6.07, 6.45) is 4.02. The summed E-state index contributed by atoms with van der Waals surface area (Å²) in [5, 5.41) is 10.5. The molecule has 1 saturated carbocycles. The normalized spacial score (nSPS) is 17.9. The quantitative estimate of drug-likeness (QED) is 0.804. The molecular formula is C13H13NO. The number of benzene rings is 1. The topological polar surface area (TPSA) is 33.1 Å². The molecule has 1 aromatic carbocycles. The molecule has 1 aliphatic rings. The molecular weight excluding hydrogens is 186 g/mol. The van der Waals surface area contributed by atoms with Crippen LogP contribution in [-0.4, -0.2) is 16.7 Å². The summed E-state index contributed by atoms with van der Waals surface area (Å²) in [6, 6.07) is 10.3. The molecule has 0 unspecified atom stereocenters. The third-order valence-corrected chi connectivity index (χ3v) is 3.37. The number of hydrogen-bond acceptors (Lipinski definition) is 2. The third-order valence-electron chi connectivity index (χ3n) is 3.37. The fourth-order valence-corrected chi connectivity index (χ4v) is 2.09. The van der Waals surface area contributed by atoms with Gasteiger partial charge in [0, 0.05) is 17.0 Å². The molecule has 1 aliphatic carbocycles. The summed E-state index contributed by atoms with van der Waals surface area (Å²) < 4.78 is 0. The summed E-state index contributed by atoms with van der Waals surface area (Å²) in [5.41, 5.74) is 2.34. The van der Waals surface area contributed by atoms with Crippen molar-refractivity contribution in [1.82, 2.24) is 4.98 Å². The summed E-state index contributed by atoms with van der Waals surface area (Å²) in [7, 11) is 0. The van der Waals surface area contributed by atoms with Crippen molar-refractivity contribution >= 4 is 10.9 Å². The van der Waals surface area contributed by atoms with Crippen molar-refractivity contribution in [2.75, 3.05) is 6.61 Å². The highest BCUT2D eigenvalue weighted by Crippen LogP contribution is 2.48. The third kappa shape index (κ3) is 1.33. The standard InChI is InChI=1S/C13H13NO/c15-9-13(5-6-13)11-3-4-12-10(8-11)2-1-7-14-12/h1-4,7-8,15H,5-6,9H2. The maximum Gasteiger partial charge on any atom is 0.0702 e. The Hall–Kier alpha value is -1.41. The van der Waals surface area contributed by atoms with Crippen LogP contribution in [0.15, 0.2) is 36.5 Å². The first-order valence-corrected chi connectivity index (χ1v) is 5.30. The first-order valence-electron chi connectivity index (χ1n) is 5.30. The second-order valence-electron chi connectivity index (χ2n) is 4.35. The van der Waals surface area contributed by atoms with E-state index in [1.165, 1.54) is 5.56 Å². The molecule has 15 heavy (non-hydrogen) atoms. The number of pyridine rings is 1. The van der Waals surface area contributed by atoms with Gasteiger partial charge in [-0.3, -0.25) is 4.98 Å². The van der Waals surface area contributed by atoms with Gasteiger partial charge < -0.3 is 5.11 Å². The van der Waals surface area contributed by atoms with Crippen molar-refractivity contribution in [3.05, 3.63) is 42.1 Å². The zero-order valence-electron chi connectivity index (χ0n) is 8.48. The molecule has 2 heteroatoms. The molecule has 76 valence electrons. The molecule has 0 aliphatic heterocycles. The molecule has 1 N–H and O–H groups in total. The van der Waals surface area contributed by atoms with Gasteiger partial charge >= 0.3 is 0 Å². The monoisotopic (exact) mass is 199 g/mol. The van der Waals surface area contributed by atoms with Gasteiger partial charge in [-0.15, -0.1) is 0 Å². The van der Waals surface area contributed by atoms with Gasteiger partial charge in [-0.25, -0.2) is 0 Å². The van der Waals surface area contributed by atoms with E-state index >= 15 is 0 Å². The first kappa shape index (κ1) is 8.86. The van der Waals surface area contributed by atoms with Crippen LogP contribution in [0.4, 0.5) is 0 Å². The van der Waals surface area contributed by atoms with Gasteiger partial charge in [0.1, 0.15) is 0 Å². The van der Waals surface area contributed by atoms with Crippen molar-refractivity contribution in [3.63, 3.8) is 0 Å². The van der Waals surface area contributed by atoms with Crippen LogP contribution in [0.5, 0.6) is 0 Å². The van der Waals surface area contributed by atoms with Crippen LogP contribution in [0.25, 0.3) is 10.9 Å². The average molecular weight is 199 g/mol. The van der Waals surface area contributed by atoms with Gasteiger partial charge in [-0.2, -0.15) is 0 Å². The Morgan fingerprint density at radius 3 is 2.87 bits per heavy atom. The van der Waals surface area contributed by atoms with Gasteiger partial charge in [0.15, 0.2) is 0 Å². The van der Waals surface area contributed by atoms with E-state index in [9.17, 15) is 5.11 Å². The van der Waals surface area contributed by atoms with Crippen LogP contribution in [0.2, 0.25) is 0 Å². The highest BCUT2D eigenvalue weighted by atomic mass is 16.3. The number of fused-ring (bicyclic) bond motifs is 1. The number of aromatic nitrogens is 1. The second-order valence-corrected chi connectivity index (χ2v) is 4.35. The molecule has 1 fully saturated rings.